The van der Waals surface area contributed by atoms with Crippen molar-refractivity contribution in [1.82, 2.24) is 5.32 Å². The molecule has 1 aromatic rings. The van der Waals surface area contributed by atoms with Gasteiger partial charge in [0.1, 0.15) is 0 Å². The van der Waals surface area contributed by atoms with Gasteiger partial charge in [-0.05, 0) is 44.0 Å². The zero-order chi connectivity index (χ0) is 20.0. The average Bonchev–Trinajstić information content (AvgIpc) is 3.14. The van der Waals surface area contributed by atoms with Crippen molar-refractivity contribution in [1.29, 1.82) is 0 Å². The third kappa shape index (κ3) is 5.34. The Labute approximate surface area is 163 Å². The molecule has 28 heavy (non-hydrogen) atoms. The highest BCUT2D eigenvalue weighted by Gasteiger charge is 2.45. The highest BCUT2D eigenvalue weighted by atomic mass is 16.7. The fourth-order valence-corrected chi connectivity index (χ4v) is 3.40. The second-order valence-electron chi connectivity index (χ2n) is 7.06. The van der Waals surface area contributed by atoms with Gasteiger partial charge in [0.25, 0.3) is 0 Å². The van der Waals surface area contributed by atoms with E-state index in [0.717, 1.165) is 0 Å². The van der Waals surface area contributed by atoms with Crippen LogP contribution < -0.4 is 16.0 Å². The van der Waals surface area contributed by atoms with Gasteiger partial charge in [0.2, 0.25) is 0 Å². The van der Waals surface area contributed by atoms with Crippen LogP contribution in [-0.4, -0.2) is 55.0 Å². The predicted molar refractivity (Wildman–Crippen MR) is 102 cm³/mol. The molecule has 4 N–H and O–H groups in total. The van der Waals surface area contributed by atoms with Crippen molar-refractivity contribution < 1.29 is 28.9 Å². The maximum atomic E-state index is 12.1. The van der Waals surface area contributed by atoms with E-state index < -0.39 is 23.5 Å². The molecule has 3 rings (SSSR count). The summed E-state index contributed by atoms with van der Waals surface area (Å²) in [6.45, 7) is 3.35. The zero-order valence-electron chi connectivity index (χ0n) is 16.0. The smallest absolute Gasteiger partial charge is 0.411 e. The quantitative estimate of drug-likeness (QED) is 0.610. The van der Waals surface area contributed by atoms with E-state index in [4.69, 9.17) is 14.2 Å². The molecule has 0 bridgehead atoms. The Hall–Kier alpha value is -2.36. The van der Waals surface area contributed by atoms with Crippen LogP contribution in [0.4, 0.5) is 21.0 Å². The Kier molecular flexibility index (Phi) is 6.38. The average molecular weight is 393 g/mol. The first kappa shape index (κ1) is 20.4. The van der Waals surface area contributed by atoms with Gasteiger partial charge >= 0.3 is 12.1 Å². The predicted octanol–water partition coefficient (Wildman–Crippen LogP) is 2.42. The highest BCUT2D eigenvalue weighted by molar-refractivity contribution is 5.90. The SMILES string of the molecule is CCOC(=O)Nc1ccc(NC(=O)NCC2(O)CCC3(CC2)OCCO3)cc1. The van der Waals surface area contributed by atoms with Crippen molar-refractivity contribution in [3.8, 4) is 0 Å². The molecular weight excluding hydrogens is 366 g/mol. The van der Waals surface area contributed by atoms with Gasteiger partial charge in [0.05, 0.1) is 25.4 Å². The lowest BCUT2D eigenvalue weighted by Gasteiger charge is -2.40. The number of urea groups is 1. The van der Waals surface area contributed by atoms with Crippen LogP contribution in [0.15, 0.2) is 24.3 Å². The first-order chi connectivity index (χ1) is 13.4. The monoisotopic (exact) mass is 393 g/mol. The molecule has 1 saturated carbocycles. The van der Waals surface area contributed by atoms with Crippen LogP contribution in [0.5, 0.6) is 0 Å². The number of anilines is 2. The number of hydrogen-bond donors (Lipinski definition) is 4. The molecule has 2 fully saturated rings. The van der Waals surface area contributed by atoms with Gasteiger partial charge < -0.3 is 30.0 Å². The summed E-state index contributed by atoms with van der Waals surface area (Å²) in [4.78, 5) is 23.5. The molecule has 1 aliphatic heterocycles. The van der Waals surface area contributed by atoms with Crippen LogP contribution in [-0.2, 0) is 14.2 Å². The number of rotatable bonds is 5. The maximum absolute atomic E-state index is 12.1. The Morgan fingerprint density at radius 3 is 2.18 bits per heavy atom. The van der Waals surface area contributed by atoms with Crippen LogP contribution in [0.2, 0.25) is 0 Å². The molecule has 0 aromatic heterocycles. The van der Waals surface area contributed by atoms with Crippen LogP contribution in [0.3, 0.4) is 0 Å². The molecule has 2 aliphatic rings. The summed E-state index contributed by atoms with van der Waals surface area (Å²) in [5, 5.41) is 18.7. The Morgan fingerprint density at radius 1 is 1.04 bits per heavy atom. The summed E-state index contributed by atoms with van der Waals surface area (Å²) < 4.78 is 16.1. The molecule has 0 unspecified atom stereocenters. The van der Waals surface area contributed by atoms with Gasteiger partial charge in [0, 0.05) is 30.8 Å². The minimum atomic E-state index is -0.967. The summed E-state index contributed by atoms with van der Waals surface area (Å²) >= 11 is 0. The number of aliphatic hydroxyl groups is 1. The molecule has 1 aromatic carbocycles. The van der Waals surface area contributed by atoms with Crippen LogP contribution >= 0.6 is 0 Å². The van der Waals surface area contributed by atoms with E-state index in [-0.39, 0.29) is 6.54 Å². The first-order valence-corrected chi connectivity index (χ1v) is 9.51. The molecule has 0 radical (unpaired) electrons. The fraction of sp³-hybridized carbons (Fsp3) is 0.579. The molecule has 1 spiro atoms. The minimum absolute atomic E-state index is 0.150. The summed E-state index contributed by atoms with van der Waals surface area (Å²) in [6.07, 6.45) is 1.70. The van der Waals surface area contributed by atoms with Gasteiger partial charge in [-0.3, -0.25) is 5.32 Å². The van der Waals surface area contributed by atoms with Gasteiger partial charge in [-0.2, -0.15) is 0 Å². The number of benzene rings is 1. The third-order valence-corrected chi connectivity index (χ3v) is 5.00. The molecule has 1 saturated heterocycles. The van der Waals surface area contributed by atoms with Gasteiger partial charge in [-0.15, -0.1) is 0 Å². The lowest BCUT2D eigenvalue weighted by atomic mass is 9.81. The molecule has 0 atom stereocenters. The first-order valence-electron chi connectivity index (χ1n) is 9.51. The summed E-state index contributed by atoms with van der Waals surface area (Å²) in [6, 6.07) is 6.22. The summed E-state index contributed by atoms with van der Waals surface area (Å²) in [5.74, 6) is -0.548. The second-order valence-corrected chi connectivity index (χ2v) is 7.06. The van der Waals surface area contributed by atoms with E-state index in [1.807, 2.05) is 0 Å². The molecular formula is C19H27N3O6. The van der Waals surface area contributed by atoms with E-state index in [9.17, 15) is 14.7 Å². The van der Waals surface area contributed by atoms with Gasteiger partial charge in [0.15, 0.2) is 5.79 Å². The Bertz CT molecular complexity index is 677. The van der Waals surface area contributed by atoms with E-state index in [1.165, 1.54) is 0 Å². The van der Waals surface area contributed by atoms with Crippen molar-refractivity contribution in [3.63, 3.8) is 0 Å². The largest absolute Gasteiger partial charge is 0.450 e. The third-order valence-electron chi connectivity index (χ3n) is 5.00. The Balaban J connectivity index is 1.42. The van der Waals surface area contributed by atoms with Crippen molar-refractivity contribution in [2.24, 2.45) is 0 Å². The standard InChI is InChI=1S/C19H27N3O6/c1-2-26-17(24)22-15-5-3-14(4-6-15)21-16(23)20-13-18(25)7-9-19(10-8-18)27-11-12-28-19/h3-6,25H,2,7-13H2,1H3,(H,22,24)(H2,20,21,23). The van der Waals surface area contributed by atoms with Crippen LogP contribution in [0.1, 0.15) is 32.6 Å². The topological polar surface area (TPSA) is 118 Å². The molecule has 154 valence electrons. The van der Waals surface area contributed by atoms with Crippen LogP contribution in [0, 0.1) is 0 Å². The maximum Gasteiger partial charge on any atom is 0.411 e. The molecule has 9 heteroatoms. The number of nitrogens with one attached hydrogen (secondary N) is 3. The molecule has 9 nitrogen and oxygen atoms in total. The van der Waals surface area contributed by atoms with Crippen molar-refractivity contribution in [2.75, 3.05) is 37.0 Å². The second kappa shape index (κ2) is 8.76. The highest BCUT2D eigenvalue weighted by Crippen LogP contribution is 2.39. The number of hydrogen-bond acceptors (Lipinski definition) is 6. The lowest BCUT2D eigenvalue weighted by molar-refractivity contribution is -0.201. The Morgan fingerprint density at radius 2 is 1.61 bits per heavy atom. The number of amides is 3. The molecule has 3 amide bonds. The van der Waals surface area contributed by atoms with Crippen LogP contribution in [0.25, 0.3) is 0 Å². The van der Waals surface area contributed by atoms with Gasteiger partial charge in [-0.25, -0.2) is 9.59 Å². The van der Waals surface area contributed by atoms with E-state index in [2.05, 4.69) is 16.0 Å². The number of ether oxygens (including phenoxy) is 3. The normalized spacial score (nSPS) is 19.8. The molecule has 1 heterocycles. The van der Waals surface area contributed by atoms with Crippen molar-refractivity contribution >= 4 is 23.5 Å². The summed E-state index contributed by atoms with van der Waals surface area (Å²) in [5.41, 5.74) is 0.158. The lowest BCUT2D eigenvalue weighted by Crippen LogP contribution is -2.50. The van der Waals surface area contributed by atoms with Crippen molar-refractivity contribution in [3.05, 3.63) is 24.3 Å². The fourth-order valence-electron chi connectivity index (χ4n) is 3.40. The number of carbonyl (C=O) groups excluding carboxylic acids is 2. The molecule has 1 aliphatic carbocycles. The minimum Gasteiger partial charge on any atom is -0.450 e. The summed E-state index contributed by atoms with van der Waals surface area (Å²) in [7, 11) is 0. The van der Waals surface area contributed by atoms with E-state index >= 15 is 0 Å². The number of carbonyl (C=O) groups is 2. The zero-order valence-corrected chi connectivity index (χ0v) is 16.0. The van der Waals surface area contributed by atoms with Crippen molar-refractivity contribution in [2.45, 2.75) is 44.0 Å². The van der Waals surface area contributed by atoms with E-state index in [0.29, 0.717) is 56.9 Å². The van der Waals surface area contributed by atoms with Gasteiger partial charge in [-0.1, -0.05) is 0 Å². The van der Waals surface area contributed by atoms with E-state index in [1.54, 1.807) is 31.2 Å².